The quantitative estimate of drug-likeness (QED) is 0.328. The minimum atomic E-state index is -0.370. The van der Waals surface area contributed by atoms with Crippen molar-refractivity contribution in [3.8, 4) is 23.0 Å². The van der Waals surface area contributed by atoms with Crippen LogP contribution in [-0.4, -0.2) is 11.8 Å². The van der Waals surface area contributed by atoms with Crippen molar-refractivity contribution in [3.05, 3.63) is 113 Å². The normalized spacial score (nSPS) is 12.6. The van der Waals surface area contributed by atoms with Gasteiger partial charge in [-0.3, -0.25) is 9.59 Å². The molecule has 1 heterocycles. The van der Waals surface area contributed by atoms with E-state index in [1.807, 2.05) is 62.4 Å². The van der Waals surface area contributed by atoms with Crippen LogP contribution in [0.25, 0.3) is 0 Å². The van der Waals surface area contributed by atoms with Gasteiger partial charge in [0.15, 0.2) is 0 Å². The number of rotatable bonds is 5. The molecule has 0 radical (unpaired) electrons. The minimum absolute atomic E-state index is 0.370. The molecule has 0 unspecified atom stereocenters. The minimum Gasteiger partial charge on any atom is -0.457 e. The number of benzene rings is 4. The standard InChI is InChI=1S/C28H21NO4/c1-18-9-3-7-13-25(18)32-21-15-20(16-22(17-21)33-26-14-8-4-10-19(26)2)29-27(30)23-11-5-6-12-24(23)28(29)31/h3-17H,1-2H3. The highest BCUT2D eigenvalue weighted by molar-refractivity contribution is 6.34. The molecule has 0 atom stereocenters. The van der Waals surface area contributed by atoms with Gasteiger partial charge in [0.1, 0.15) is 23.0 Å². The van der Waals surface area contributed by atoms with Crippen LogP contribution in [0.2, 0.25) is 0 Å². The zero-order valence-corrected chi connectivity index (χ0v) is 18.2. The molecule has 0 bridgehead atoms. The second-order valence-electron chi connectivity index (χ2n) is 7.89. The number of hydrogen-bond donors (Lipinski definition) is 0. The molecule has 5 nitrogen and oxygen atoms in total. The van der Waals surface area contributed by atoms with Gasteiger partial charge in [-0.1, -0.05) is 48.5 Å². The van der Waals surface area contributed by atoms with E-state index in [0.717, 1.165) is 11.1 Å². The smallest absolute Gasteiger partial charge is 0.266 e. The first-order valence-corrected chi connectivity index (χ1v) is 10.6. The van der Waals surface area contributed by atoms with Gasteiger partial charge in [-0.2, -0.15) is 0 Å². The second kappa shape index (κ2) is 8.28. The summed E-state index contributed by atoms with van der Waals surface area (Å²) in [6.07, 6.45) is 0. The summed E-state index contributed by atoms with van der Waals surface area (Å²) in [6, 6.07) is 27.2. The van der Waals surface area contributed by atoms with E-state index < -0.39 is 0 Å². The van der Waals surface area contributed by atoms with E-state index in [9.17, 15) is 9.59 Å². The van der Waals surface area contributed by atoms with Crippen molar-refractivity contribution in [1.29, 1.82) is 0 Å². The van der Waals surface area contributed by atoms with Crippen LogP contribution in [0.5, 0.6) is 23.0 Å². The molecule has 0 saturated carbocycles. The molecule has 0 N–H and O–H groups in total. The van der Waals surface area contributed by atoms with Crippen molar-refractivity contribution >= 4 is 17.5 Å². The van der Waals surface area contributed by atoms with E-state index >= 15 is 0 Å². The van der Waals surface area contributed by atoms with E-state index in [4.69, 9.17) is 9.47 Å². The third-order valence-corrected chi connectivity index (χ3v) is 5.56. The fourth-order valence-electron chi connectivity index (χ4n) is 3.82. The van der Waals surface area contributed by atoms with Gasteiger partial charge in [0, 0.05) is 18.2 Å². The maximum Gasteiger partial charge on any atom is 0.266 e. The Kier molecular flexibility index (Phi) is 5.15. The Morgan fingerprint density at radius 2 is 1.00 bits per heavy atom. The third kappa shape index (κ3) is 3.85. The average molecular weight is 435 g/mol. The van der Waals surface area contributed by atoms with Crippen molar-refractivity contribution in [1.82, 2.24) is 0 Å². The van der Waals surface area contributed by atoms with Gasteiger partial charge in [0.2, 0.25) is 0 Å². The molecular formula is C28H21NO4. The van der Waals surface area contributed by atoms with Crippen molar-refractivity contribution in [2.24, 2.45) is 0 Å². The van der Waals surface area contributed by atoms with Gasteiger partial charge >= 0.3 is 0 Å². The monoisotopic (exact) mass is 435 g/mol. The number of para-hydroxylation sites is 2. The van der Waals surface area contributed by atoms with Gasteiger partial charge in [-0.05, 0) is 49.2 Å². The fourth-order valence-corrected chi connectivity index (χ4v) is 3.82. The third-order valence-electron chi connectivity index (χ3n) is 5.56. The molecule has 4 aromatic rings. The number of aryl methyl sites for hydroxylation is 2. The number of imide groups is 1. The Morgan fingerprint density at radius 3 is 1.45 bits per heavy atom. The van der Waals surface area contributed by atoms with Crippen LogP contribution in [0.4, 0.5) is 5.69 Å². The molecular weight excluding hydrogens is 414 g/mol. The van der Waals surface area contributed by atoms with E-state index in [0.29, 0.717) is 39.8 Å². The Morgan fingerprint density at radius 1 is 0.576 bits per heavy atom. The number of ether oxygens (including phenoxy) is 2. The number of hydrogen-bond acceptors (Lipinski definition) is 4. The van der Waals surface area contributed by atoms with Crippen molar-refractivity contribution in [2.45, 2.75) is 13.8 Å². The molecule has 162 valence electrons. The van der Waals surface area contributed by atoms with Gasteiger partial charge in [0.25, 0.3) is 11.8 Å². The summed E-state index contributed by atoms with van der Waals surface area (Å²) in [6.45, 7) is 3.90. The summed E-state index contributed by atoms with van der Waals surface area (Å²) < 4.78 is 12.3. The van der Waals surface area contributed by atoms with Crippen LogP contribution in [0.1, 0.15) is 31.8 Å². The lowest BCUT2D eigenvalue weighted by molar-refractivity contribution is 0.0926. The van der Waals surface area contributed by atoms with Gasteiger partial charge in [-0.15, -0.1) is 0 Å². The van der Waals surface area contributed by atoms with Crippen molar-refractivity contribution < 1.29 is 19.1 Å². The molecule has 4 aromatic carbocycles. The first kappa shape index (κ1) is 20.5. The first-order chi connectivity index (χ1) is 16.0. The summed E-state index contributed by atoms with van der Waals surface area (Å²) in [7, 11) is 0. The molecule has 0 aromatic heterocycles. The summed E-state index contributed by atoms with van der Waals surface area (Å²) in [4.78, 5) is 27.3. The SMILES string of the molecule is Cc1ccccc1Oc1cc(Oc2ccccc2C)cc(N2C(=O)c3ccccc3C2=O)c1. The molecule has 0 saturated heterocycles. The zero-order chi connectivity index (χ0) is 22.9. The molecule has 1 aliphatic rings. The highest BCUT2D eigenvalue weighted by Gasteiger charge is 2.36. The van der Waals surface area contributed by atoms with Crippen LogP contribution >= 0.6 is 0 Å². The van der Waals surface area contributed by atoms with E-state index in [1.165, 1.54) is 4.90 Å². The number of amides is 2. The Bertz CT molecular complexity index is 1290. The summed E-state index contributed by atoms with van der Waals surface area (Å²) in [5.41, 5.74) is 3.08. The van der Waals surface area contributed by atoms with Crippen LogP contribution < -0.4 is 14.4 Å². The lowest BCUT2D eigenvalue weighted by Gasteiger charge is -2.18. The van der Waals surface area contributed by atoms with Crippen molar-refractivity contribution in [2.75, 3.05) is 4.90 Å². The predicted molar refractivity (Wildman–Crippen MR) is 127 cm³/mol. The molecule has 0 spiro atoms. The molecule has 0 fully saturated rings. The second-order valence-corrected chi connectivity index (χ2v) is 7.89. The number of carbonyl (C=O) groups excluding carboxylic acids is 2. The van der Waals surface area contributed by atoms with Crippen LogP contribution in [-0.2, 0) is 0 Å². The number of fused-ring (bicyclic) bond motifs is 1. The van der Waals surface area contributed by atoms with E-state index in [1.54, 1.807) is 42.5 Å². The maximum absolute atomic E-state index is 13.1. The average Bonchev–Trinajstić information content (AvgIpc) is 3.07. The van der Waals surface area contributed by atoms with Crippen LogP contribution in [0.15, 0.2) is 91.0 Å². The summed E-state index contributed by atoms with van der Waals surface area (Å²) in [5, 5.41) is 0. The largest absolute Gasteiger partial charge is 0.457 e. The summed E-state index contributed by atoms with van der Waals surface area (Å²) in [5.74, 6) is 1.54. The van der Waals surface area contributed by atoms with Crippen LogP contribution in [0.3, 0.4) is 0 Å². The number of carbonyl (C=O) groups is 2. The topological polar surface area (TPSA) is 55.8 Å². The predicted octanol–water partition coefficient (Wildman–Crippen LogP) is 6.69. The molecule has 5 rings (SSSR count). The van der Waals surface area contributed by atoms with Crippen molar-refractivity contribution in [3.63, 3.8) is 0 Å². The number of nitrogens with zero attached hydrogens (tertiary/aromatic N) is 1. The molecule has 2 amide bonds. The van der Waals surface area contributed by atoms with Crippen LogP contribution in [0, 0.1) is 13.8 Å². The zero-order valence-electron chi connectivity index (χ0n) is 18.2. The highest BCUT2D eigenvalue weighted by Crippen LogP contribution is 2.38. The van der Waals surface area contributed by atoms with Gasteiger partial charge in [0.05, 0.1) is 16.8 Å². The molecule has 5 heteroatoms. The summed E-state index contributed by atoms with van der Waals surface area (Å²) >= 11 is 0. The van der Waals surface area contributed by atoms with Gasteiger partial charge in [-0.25, -0.2) is 4.90 Å². The molecule has 0 aliphatic carbocycles. The first-order valence-electron chi connectivity index (χ1n) is 10.6. The molecule has 33 heavy (non-hydrogen) atoms. The molecule has 1 aliphatic heterocycles. The number of anilines is 1. The van der Waals surface area contributed by atoms with Gasteiger partial charge < -0.3 is 9.47 Å². The Balaban J connectivity index is 1.58. The Hall–Kier alpha value is -4.38. The maximum atomic E-state index is 13.1. The van der Waals surface area contributed by atoms with E-state index in [-0.39, 0.29) is 11.8 Å². The fraction of sp³-hybridized carbons (Fsp3) is 0.0714. The lowest BCUT2D eigenvalue weighted by Crippen LogP contribution is -2.29. The lowest BCUT2D eigenvalue weighted by atomic mass is 10.1. The van der Waals surface area contributed by atoms with E-state index in [2.05, 4.69) is 0 Å². The Labute approximate surface area is 191 Å². The highest BCUT2D eigenvalue weighted by atomic mass is 16.5.